The van der Waals surface area contributed by atoms with Gasteiger partial charge in [-0.15, -0.1) is 0 Å². The lowest BCUT2D eigenvalue weighted by Gasteiger charge is -2.34. The highest BCUT2D eigenvalue weighted by molar-refractivity contribution is 8.76. The van der Waals surface area contributed by atoms with Gasteiger partial charge in [-0.3, -0.25) is 0 Å². The molecule has 0 amide bonds. The van der Waals surface area contributed by atoms with Gasteiger partial charge >= 0.3 is 0 Å². The molecular formula is C43H55N3O7S2. The fourth-order valence-corrected chi connectivity index (χ4v) is 11.8. The van der Waals surface area contributed by atoms with Crippen LogP contribution in [0.1, 0.15) is 91.2 Å². The molecule has 296 valence electrons. The highest BCUT2D eigenvalue weighted by atomic mass is 33.1. The lowest BCUT2D eigenvalue weighted by atomic mass is 9.76. The lowest BCUT2D eigenvalue weighted by Crippen LogP contribution is -2.41. The zero-order chi connectivity index (χ0) is 38.5. The quantitative estimate of drug-likeness (QED) is 0.0845. The number of ether oxygens (including phenoxy) is 1. The Morgan fingerprint density at radius 3 is 2.64 bits per heavy atom. The van der Waals surface area contributed by atoms with Gasteiger partial charge in [0, 0.05) is 78.0 Å². The molecule has 3 heterocycles. The molecule has 10 nitrogen and oxygen atoms in total. The van der Waals surface area contributed by atoms with Gasteiger partial charge in [0.2, 0.25) is 0 Å². The number of H-pyrrole nitrogens is 1. The van der Waals surface area contributed by atoms with Crippen molar-refractivity contribution in [2.24, 2.45) is 23.7 Å². The molecule has 0 spiro atoms. The number of nitrogens with one attached hydrogen (secondary N) is 1. The number of pyridine rings is 1. The maximum atomic E-state index is 12.0. The molecule has 3 aliphatic carbocycles. The predicted octanol–water partition coefficient (Wildman–Crippen LogP) is 5.62. The second-order valence-corrected chi connectivity index (χ2v) is 18.3. The first-order chi connectivity index (χ1) is 26.7. The zero-order valence-corrected chi connectivity index (χ0v) is 32.9. The van der Waals surface area contributed by atoms with E-state index < -0.39 is 36.3 Å². The minimum atomic E-state index is -1.05. The molecule has 1 aliphatic heterocycles. The largest absolute Gasteiger partial charge is 0.504 e. The minimum Gasteiger partial charge on any atom is -0.504 e. The van der Waals surface area contributed by atoms with Crippen molar-refractivity contribution >= 4 is 27.4 Å². The van der Waals surface area contributed by atoms with Gasteiger partial charge < -0.3 is 46.1 Å². The fraction of sp³-hybridized carbons (Fsp3) is 0.558. The number of aliphatic hydroxyl groups is 5. The summed E-state index contributed by atoms with van der Waals surface area (Å²) in [6, 6.07) is 9.63. The van der Waals surface area contributed by atoms with Crippen molar-refractivity contribution in [3.05, 3.63) is 82.3 Å². The van der Waals surface area contributed by atoms with Crippen molar-refractivity contribution in [3.63, 3.8) is 0 Å². The van der Waals surface area contributed by atoms with E-state index in [2.05, 4.69) is 27.9 Å². The van der Waals surface area contributed by atoms with Gasteiger partial charge in [0.05, 0.1) is 18.3 Å². The van der Waals surface area contributed by atoms with Crippen molar-refractivity contribution in [3.8, 4) is 23.3 Å². The summed E-state index contributed by atoms with van der Waals surface area (Å²) in [5.41, 5.74) is 12.6. The standard InChI is InChI=1S/C43H55N3O7S2/c44-43-35-24-55-54-23-30(22-48)42(52)40(19-29(32(35)11-14-46-43)17-31-5-3-13-45-31)53-39-21-34-27(18-37(39)50)10-9-26-16-28-8-7-25(12-15-47)4-1-2-6-36(49)41(28)38(51)20-33(26)34/h3,5,11,13-14,16,18,21,25,28-30,33,36,38,40-42,45,47-52H,1-2,4,6,9-10,12,15,17,19-20,22-24H2,(H2,44,46)/t25-,28-,29-,30-,33-,36-,38+,40-,41+,42+/m0/s1. The molecule has 0 unspecified atom stereocenters. The fourth-order valence-electron chi connectivity index (χ4n) is 9.25. The van der Waals surface area contributed by atoms with Crippen molar-refractivity contribution in [2.75, 3.05) is 24.7 Å². The number of allylic oxidation sites excluding steroid dienone is 2. The smallest absolute Gasteiger partial charge is 0.161 e. The Morgan fingerprint density at radius 2 is 1.84 bits per heavy atom. The number of benzene rings is 1. The van der Waals surface area contributed by atoms with Gasteiger partial charge in [0.15, 0.2) is 11.5 Å². The molecule has 0 fully saturated rings. The normalized spacial score (nSPS) is 31.4. The van der Waals surface area contributed by atoms with Crippen LogP contribution < -0.4 is 10.5 Å². The summed E-state index contributed by atoms with van der Waals surface area (Å²) in [5.74, 6) is 7.20. The summed E-state index contributed by atoms with van der Waals surface area (Å²) in [4.78, 5) is 7.72. The van der Waals surface area contributed by atoms with Gasteiger partial charge in [-0.25, -0.2) is 4.98 Å². The van der Waals surface area contributed by atoms with Crippen molar-refractivity contribution < 1.29 is 35.4 Å². The van der Waals surface area contributed by atoms with E-state index in [1.165, 1.54) is 0 Å². The first-order valence-electron chi connectivity index (χ1n) is 19.8. The third kappa shape index (κ3) is 9.20. The molecule has 9 N–H and O–H groups in total. The van der Waals surface area contributed by atoms with Gasteiger partial charge in [-0.2, -0.15) is 0 Å². The number of anilines is 1. The molecule has 10 atom stereocenters. The molecule has 1 aromatic carbocycles. The number of phenolic OH excluding ortho intramolecular Hbond substituents is 1. The number of aromatic nitrogens is 2. The zero-order valence-electron chi connectivity index (χ0n) is 31.2. The monoisotopic (exact) mass is 789 g/mol. The van der Waals surface area contributed by atoms with Crippen LogP contribution >= 0.6 is 21.6 Å². The number of nitrogens with zero attached hydrogens (tertiary/aromatic N) is 1. The van der Waals surface area contributed by atoms with E-state index in [9.17, 15) is 30.6 Å². The van der Waals surface area contributed by atoms with Gasteiger partial charge in [-0.05, 0) is 104 Å². The number of hydrogen-bond acceptors (Lipinski definition) is 11. The molecule has 0 bridgehead atoms. The molecule has 0 radical (unpaired) electrons. The maximum Gasteiger partial charge on any atom is 0.161 e. The Morgan fingerprint density at radius 1 is 0.982 bits per heavy atom. The van der Waals surface area contributed by atoms with E-state index in [1.54, 1.807) is 33.9 Å². The first kappa shape index (κ1) is 40.1. The van der Waals surface area contributed by atoms with Crippen LogP contribution in [0.5, 0.6) is 11.5 Å². The second-order valence-electron chi connectivity index (χ2n) is 15.8. The average Bonchev–Trinajstić information content (AvgIpc) is 3.63. The van der Waals surface area contributed by atoms with Gasteiger partial charge in [0.1, 0.15) is 11.9 Å². The number of phenols is 1. The van der Waals surface area contributed by atoms with Crippen LogP contribution in [0.15, 0.2) is 54.4 Å². The molecule has 7 rings (SSSR count). The predicted molar refractivity (Wildman–Crippen MR) is 218 cm³/mol. The summed E-state index contributed by atoms with van der Waals surface area (Å²) in [5, 5.41) is 66.9. The van der Waals surface area contributed by atoms with Gasteiger partial charge in [0.25, 0.3) is 0 Å². The SMILES string of the molecule is Nc1nccc2c1CSSC[C@H](CO)[C@@H](O)[C@@H](Oc1cc3c(cc1O)CCC1=C[C@@H]4C#C[C@@H](CCO)CCCC[C@H](O)[C@@H]4[C@H](O)C[C@@H]13)C[C@@H]2Cc1ccc[nH]1. The van der Waals surface area contributed by atoms with E-state index in [-0.39, 0.29) is 48.4 Å². The summed E-state index contributed by atoms with van der Waals surface area (Å²) in [6.07, 6.45) is 9.14. The van der Waals surface area contributed by atoms with Crippen LogP contribution in [-0.2, 0) is 18.6 Å². The third-order valence-corrected chi connectivity index (χ3v) is 14.7. The van der Waals surface area contributed by atoms with Crippen LogP contribution in [-0.4, -0.2) is 84.0 Å². The van der Waals surface area contributed by atoms with E-state index in [0.717, 1.165) is 59.2 Å². The van der Waals surface area contributed by atoms with E-state index >= 15 is 0 Å². The summed E-state index contributed by atoms with van der Waals surface area (Å²) in [6.45, 7) is -0.145. The summed E-state index contributed by atoms with van der Waals surface area (Å²) >= 11 is 0. The lowest BCUT2D eigenvalue weighted by molar-refractivity contribution is -0.0195. The Labute approximate surface area is 331 Å². The molecule has 3 aromatic rings. The third-order valence-electron chi connectivity index (χ3n) is 12.3. The van der Waals surface area contributed by atoms with Crippen LogP contribution in [0.2, 0.25) is 0 Å². The second kappa shape index (κ2) is 18.4. The Hall–Kier alpha value is -3.15. The number of nitrogens with two attached hydrogens (primary N) is 1. The van der Waals surface area contributed by atoms with Crippen molar-refractivity contribution in [1.82, 2.24) is 9.97 Å². The number of aliphatic hydroxyl groups excluding tert-OH is 5. The van der Waals surface area contributed by atoms with Crippen molar-refractivity contribution in [1.29, 1.82) is 0 Å². The van der Waals surface area contributed by atoms with E-state index in [1.807, 2.05) is 30.5 Å². The number of aromatic amines is 1. The Bertz CT molecular complexity index is 1850. The molecule has 0 saturated heterocycles. The maximum absolute atomic E-state index is 12.0. The molecule has 12 heteroatoms. The van der Waals surface area contributed by atoms with Gasteiger partial charge in [-0.1, -0.05) is 57.9 Å². The first-order valence-corrected chi connectivity index (χ1v) is 22.3. The molecule has 55 heavy (non-hydrogen) atoms. The van der Waals surface area contributed by atoms with E-state index in [4.69, 9.17) is 10.5 Å². The molecule has 0 saturated carbocycles. The van der Waals surface area contributed by atoms with Crippen molar-refractivity contribution in [2.45, 2.75) is 106 Å². The molecular weight excluding hydrogens is 735 g/mol. The van der Waals surface area contributed by atoms with Crippen LogP contribution in [0.4, 0.5) is 5.82 Å². The number of aryl methyl sites for hydroxylation is 1. The number of rotatable bonds is 7. The van der Waals surface area contributed by atoms with Crippen LogP contribution in [0, 0.1) is 35.5 Å². The summed E-state index contributed by atoms with van der Waals surface area (Å²) in [7, 11) is 3.19. The highest BCUT2D eigenvalue weighted by Gasteiger charge is 2.41. The number of aromatic hydroxyl groups is 1. The van der Waals surface area contributed by atoms with E-state index in [0.29, 0.717) is 55.8 Å². The Kier molecular flexibility index (Phi) is 13.4. The average molecular weight is 790 g/mol. The van der Waals surface area contributed by atoms with Crippen LogP contribution in [0.25, 0.3) is 0 Å². The topological polar surface area (TPSA) is 185 Å². The summed E-state index contributed by atoms with van der Waals surface area (Å²) < 4.78 is 6.76. The molecule has 4 aliphatic rings. The molecule has 2 aromatic heterocycles. The van der Waals surface area contributed by atoms with Crippen LogP contribution in [0.3, 0.4) is 0 Å². The Balaban J connectivity index is 1.24. The number of fused-ring (bicyclic) bond motifs is 5. The number of nitrogen functional groups attached to an aromatic ring is 1. The minimum absolute atomic E-state index is 0.0209. The number of hydrogen-bond donors (Lipinski definition) is 8. The highest BCUT2D eigenvalue weighted by Crippen LogP contribution is 2.48.